The molecular weight excluding hydrogens is 185 g/mol. The molecule has 0 saturated heterocycles. The van der Waals surface area contributed by atoms with Gasteiger partial charge in [-0.3, -0.25) is 0 Å². The highest BCUT2D eigenvalue weighted by Crippen LogP contribution is 2.54. The van der Waals surface area contributed by atoms with E-state index in [0.29, 0.717) is 0 Å². The maximum atomic E-state index is 13.0. The fraction of sp³-hybridized carbons (Fsp3) is 0.700. The molecule has 0 spiro atoms. The zero-order chi connectivity index (χ0) is 10.1. The molecule has 0 aliphatic heterocycles. The lowest BCUT2D eigenvalue weighted by Crippen LogP contribution is -2.36. The van der Waals surface area contributed by atoms with Gasteiger partial charge < -0.3 is 10.1 Å². The van der Waals surface area contributed by atoms with Crippen LogP contribution in [0.2, 0.25) is 0 Å². The van der Waals surface area contributed by atoms with Crippen molar-refractivity contribution in [1.29, 1.82) is 0 Å². The number of alkyl halides is 1. The van der Waals surface area contributed by atoms with Crippen LogP contribution in [0.25, 0.3) is 0 Å². The van der Waals surface area contributed by atoms with E-state index in [1.54, 1.807) is 0 Å². The first kappa shape index (κ1) is 9.49. The molecule has 0 aromatic carbocycles. The number of alkyl carbamates (subject to hydrolysis) is 1. The first-order valence-corrected chi connectivity index (χ1v) is 4.92. The average Bonchev–Trinajstić information content (AvgIpc) is 2.60. The predicted molar refractivity (Wildman–Crippen MR) is 49.6 cm³/mol. The molecule has 78 valence electrons. The monoisotopic (exact) mass is 199 g/mol. The molecule has 4 atom stereocenters. The third-order valence-corrected chi connectivity index (χ3v) is 3.04. The second kappa shape index (κ2) is 3.59. The molecule has 1 N–H and O–H groups in total. The normalized spacial score (nSPS) is 38.6. The molecule has 2 aliphatic carbocycles. The summed E-state index contributed by atoms with van der Waals surface area (Å²) in [6.07, 6.45) is 2.10. The Bertz CT molecular complexity index is 257. The number of amides is 1. The Morgan fingerprint density at radius 1 is 1.64 bits per heavy atom. The van der Waals surface area contributed by atoms with Crippen molar-refractivity contribution in [3.8, 4) is 0 Å². The number of hydrogen-bond acceptors (Lipinski definition) is 2. The van der Waals surface area contributed by atoms with Crippen LogP contribution in [0.1, 0.15) is 12.8 Å². The molecule has 1 amide bonds. The van der Waals surface area contributed by atoms with Gasteiger partial charge in [0.15, 0.2) is 0 Å². The summed E-state index contributed by atoms with van der Waals surface area (Å²) < 4.78 is 17.7. The fourth-order valence-corrected chi connectivity index (χ4v) is 2.29. The van der Waals surface area contributed by atoms with Crippen molar-refractivity contribution in [2.45, 2.75) is 25.1 Å². The van der Waals surface area contributed by atoms with Gasteiger partial charge >= 0.3 is 6.09 Å². The SMILES string of the molecule is C=CCOC(=O)NC1CC[C@H]2C(F)C12. The maximum absolute atomic E-state index is 13.0. The molecule has 4 heteroatoms. The van der Waals surface area contributed by atoms with E-state index in [2.05, 4.69) is 11.9 Å². The number of fused-ring (bicyclic) bond motifs is 1. The van der Waals surface area contributed by atoms with Gasteiger partial charge in [-0.05, 0) is 18.8 Å². The van der Waals surface area contributed by atoms with Crippen molar-refractivity contribution in [2.75, 3.05) is 6.61 Å². The van der Waals surface area contributed by atoms with E-state index in [9.17, 15) is 9.18 Å². The number of rotatable bonds is 3. The smallest absolute Gasteiger partial charge is 0.407 e. The number of nitrogens with one attached hydrogen (secondary N) is 1. The lowest BCUT2D eigenvalue weighted by atomic mass is 10.2. The molecule has 2 aliphatic rings. The molecule has 0 aromatic rings. The second-order valence-electron chi connectivity index (χ2n) is 3.90. The molecule has 3 nitrogen and oxygen atoms in total. The van der Waals surface area contributed by atoms with Gasteiger partial charge in [0.2, 0.25) is 0 Å². The maximum Gasteiger partial charge on any atom is 0.407 e. The fourth-order valence-electron chi connectivity index (χ4n) is 2.29. The van der Waals surface area contributed by atoms with Crippen molar-refractivity contribution in [3.05, 3.63) is 12.7 Å². The van der Waals surface area contributed by atoms with Crippen LogP contribution in [0, 0.1) is 11.8 Å². The van der Waals surface area contributed by atoms with E-state index in [1.807, 2.05) is 0 Å². The summed E-state index contributed by atoms with van der Waals surface area (Å²) in [6, 6.07) is -0.0210. The topological polar surface area (TPSA) is 38.3 Å². The number of carbonyl (C=O) groups is 1. The first-order chi connectivity index (χ1) is 6.74. The van der Waals surface area contributed by atoms with Gasteiger partial charge in [-0.15, -0.1) is 0 Å². The number of ether oxygens (including phenoxy) is 1. The second-order valence-corrected chi connectivity index (χ2v) is 3.90. The van der Waals surface area contributed by atoms with Gasteiger partial charge in [-0.2, -0.15) is 0 Å². The minimum atomic E-state index is -0.701. The van der Waals surface area contributed by atoms with Crippen LogP contribution in [0.3, 0.4) is 0 Å². The molecule has 0 aromatic heterocycles. The summed E-state index contributed by atoms with van der Waals surface area (Å²) in [7, 11) is 0. The quantitative estimate of drug-likeness (QED) is 0.702. The molecule has 0 heterocycles. The van der Waals surface area contributed by atoms with Gasteiger partial charge in [0.25, 0.3) is 0 Å². The summed E-state index contributed by atoms with van der Waals surface area (Å²) in [5, 5.41) is 2.69. The van der Waals surface area contributed by atoms with Crippen molar-refractivity contribution in [1.82, 2.24) is 5.32 Å². The van der Waals surface area contributed by atoms with Crippen LogP contribution < -0.4 is 5.32 Å². The minimum absolute atomic E-state index is 0.0210. The van der Waals surface area contributed by atoms with Gasteiger partial charge in [0.1, 0.15) is 12.8 Å². The third kappa shape index (κ3) is 1.61. The summed E-state index contributed by atoms with van der Waals surface area (Å²) in [5.41, 5.74) is 0. The molecule has 14 heavy (non-hydrogen) atoms. The van der Waals surface area contributed by atoms with E-state index >= 15 is 0 Å². The van der Waals surface area contributed by atoms with Crippen LogP contribution in [0.5, 0.6) is 0 Å². The standard InChI is InChI=1S/C10H14FNO2/c1-2-5-14-10(13)12-7-4-3-6-8(7)9(6)11/h2,6-9H,1,3-5H2,(H,12,13)/t6-,7?,8?,9?/m1/s1. The Kier molecular flexibility index (Phi) is 2.44. The van der Waals surface area contributed by atoms with Gasteiger partial charge in [-0.25, -0.2) is 9.18 Å². The first-order valence-electron chi connectivity index (χ1n) is 4.92. The molecule has 2 fully saturated rings. The molecule has 0 bridgehead atoms. The van der Waals surface area contributed by atoms with Crippen LogP contribution >= 0.6 is 0 Å². The molecule has 0 radical (unpaired) electrons. The summed E-state index contributed by atoms with van der Waals surface area (Å²) >= 11 is 0. The van der Waals surface area contributed by atoms with Crippen LogP contribution in [0.15, 0.2) is 12.7 Å². The van der Waals surface area contributed by atoms with Crippen molar-refractivity contribution in [3.63, 3.8) is 0 Å². The third-order valence-electron chi connectivity index (χ3n) is 3.04. The Morgan fingerprint density at radius 2 is 2.43 bits per heavy atom. The Hall–Kier alpha value is -1.06. The minimum Gasteiger partial charge on any atom is -0.445 e. The van der Waals surface area contributed by atoms with E-state index in [-0.39, 0.29) is 24.5 Å². The van der Waals surface area contributed by atoms with E-state index in [4.69, 9.17) is 4.74 Å². The predicted octanol–water partition coefficient (Wildman–Crippen LogP) is 1.65. The van der Waals surface area contributed by atoms with Crippen LogP contribution in [0.4, 0.5) is 9.18 Å². The van der Waals surface area contributed by atoms with E-state index < -0.39 is 12.3 Å². The molecular formula is C10H14FNO2. The molecule has 2 saturated carbocycles. The molecule has 2 rings (SSSR count). The van der Waals surface area contributed by atoms with Crippen LogP contribution in [-0.2, 0) is 4.74 Å². The Morgan fingerprint density at radius 3 is 3.00 bits per heavy atom. The molecule has 3 unspecified atom stereocenters. The largest absolute Gasteiger partial charge is 0.445 e. The number of hydrogen-bond donors (Lipinski definition) is 1. The van der Waals surface area contributed by atoms with E-state index in [1.165, 1.54) is 6.08 Å². The number of halogens is 1. The Balaban J connectivity index is 1.75. The lowest BCUT2D eigenvalue weighted by Gasteiger charge is -2.13. The van der Waals surface area contributed by atoms with E-state index in [0.717, 1.165) is 12.8 Å². The zero-order valence-corrected chi connectivity index (χ0v) is 7.91. The van der Waals surface area contributed by atoms with Crippen LogP contribution in [-0.4, -0.2) is 24.9 Å². The number of carbonyl (C=O) groups excluding carboxylic acids is 1. The van der Waals surface area contributed by atoms with Gasteiger partial charge in [-0.1, -0.05) is 12.7 Å². The zero-order valence-electron chi connectivity index (χ0n) is 7.91. The van der Waals surface area contributed by atoms with Crippen molar-refractivity contribution in [2.24, 2.45) is 11.8 Å². The van der Waals surface area contributed by atoms with Crippen molar-refractivity contribution >= 4 is 6.09 Å². The summed E-state index contributed by atoms with van der Waals surface area (Å²) in [5.74, 6) is 0.242. The van der Waals surface area contributed by atoms with Gasteiger partial charge in [0.05, 0.1) is 0 Å². The van der Waals surface area contributed by atoms with Crippen molar-refractivity contribution < 1.29 is 13.9 Å². The summed E-state index contributed by atoms with van der Waals surface area (Å²) in [6.45, 7) is 3.63. The van der Waals surface area contributed by atoms with Gasteiger partial charge in [0, 0.05) is 12.0 Å². The average molecular weight is 199 g/mol. The highest BCUT2D eigenvalue weighted by atomic mass is 19.1. The Labute approximate surface area is 82.3 Å². The lowest BCUT2D eigenvalue weighted by molar-refractivity contribution is 0.152. The highest BCUT2D eigenvalue weighted by molar-refractivity contribution is 5.68. The highest BCUT2D eigenvalue weighted by Gasteiger charge is 2.59. The summed E-state index contributed by atoms with van der Waals surface area (Å²) in [4.78, 5) is 11.1.